The van der Waals surface area contributed by atoms with Crippen LogP contribution in [-0.2, 0) is 16.1 Å². The number of Topliss-reactive ketones (excluding diaryl/α,β-unsaturated/α-hetero) is 1. The van der Waals surface area contributed by atoms with Crippen LogP contribution in [0.1, 0.15) is 23.8 Å². The number of carbonyl (C=O) groups is 3. The van der Waals surface area contributed by atoms with Gasteiger partial charge in [0.1, 0.15) is 40.6 Å². The van der Waals surface area contributed by atoms with Crippen LogP contribution in [0.15, 0.2) is 83.7 Å². The van der Waals surface area contributed by atoms with E-state index in [0.29, 0.717) is 26.8 Å². The van der Waals surface area contributed by atoms with Crippen molar-refractivity contribution in [3.63, 3.8) is 0 Å². The average Bonchev–Trinajstić information content (AvgIpc) is 3.58. The number of rotatable bonds is 8. The number of fused-ring (bicyclic) bond motifs is 1. The van der Waals surface area contributed by atoms with E-state index in [9.17, 15) is 18.8 Å². The molecule has 222 valence electrons. The second-order valence-corrected chi connectivity index (χ2v) is 11.0. The van der Waals surface area contributed by atoms with Crippen LogP contribution in [0, 0.1) is 0 Å². The summed E-state index contributed by atoms with van der Waals surface area (Å²) in [7, 11) is 0. The zero-order valence-corrected chi connectivity index (χ0v) is 24.9. The van der Waals surface area contributed by atoms with Gasteiger partial charge in [0.05, 0.1) is 12.1 Å². The number of benzene rings is 2. The van der Waals surface area contributed by atoms with Gasteiger partial charge in [0, 0.05) is 36.7 Å². The Bertz CT molecular complexity index is 1870. The highest BCUT2D eigenvalue weighted by molar-refractivity contribution is 9.10. The summed E-state index contributed by atoms with van der Waals surface area (Å²) in [5.74, 6) is -0.434. The quantitative estimate of drug-likeness (QED) is 0.177. The largest absolute Gasteiger partial charge is 0.424 e. The summed E-state index contributed by atoms with van der Waals surface area (Å²) in [6.45, 7) is 0.878. The fraction of sp³-hybridized carbons (Fsp3) is 0.194. The summed E-state index contributed by atoms with van der Waals surface area (Å²) in [4.78, 5) is 53.0. The third-order valence-corrected chi connectivity index (χ3v) is 7.56. The molecule has 0 unspecified atom stereocenters. The number of aromatic nitrogens is 5. The van der Waals surface area contributed by atoms with E-state index in [1.54, 1.807) is 60.9 Å². The minimum Gasteiger partial charge on any atom is -0.424 e. The highest BCUT2D eigenvalue weighted by Crippen LogP contribution is 2.29. The highest BCUT2D eigenvalue weighted by atomic mass is 79.9. The van der Waals surface area contributed by atoms with Crippen LogP contribution in [0.2, 0.25) is 0 Å². The van der Waals surface area contributed by atoms with Crippen molar-refractivity contribution in [2.24, 2.45) is 0 Å². The van der Waals surface area contributed by atoms with Gasteiger partial charge in [-0.05, 0) is 57.9 Å². The monoisotopic (exact) mass is 657 g/mol. The number of halogens is 2. The Labute approximate surface area is 259 Å². The van der Waals surface area contributed by atoms with Crippen LogP contribution in [0.25, 0.3) is 22.0 Å². The van der Waals surface area contributed by atoms with Gasteiger partial charge in [-0.25, -0.2) is 19.3 Å². The molecule has 0 bridgehead atoms. The highest BCUT2D eigenvalue weighted by Gasteiger charge is 2.40. The van der Waals surface area contributed by atoms with Crippen LogP contribution in [0.3, 0.4) is 0 Å². The summed E-state index contributed by atoms with van der Waals surface area (Å²) in [5, 5.41) is 7.61. The predicted molar refractivity (Wildman–Crippen MR) is 163 cm³/mol. The minimum atomic E-state index is -1.36. The molecule has 44 heavy (non-hydrogen) atoms. The molecule has 2 atom stereocenters. The summed E-state index contributed by atoms with van der Waals surface area (Å²) in [6.07, 6.45) is 1.74. The molecule has 6 rings (SSSR count). The summed E-state index contributed by atoms with van der Waals surface area (Å²) >= 11 is 3.25. The molecule has 2 amide bonds. The molecular weight excluding hydrogens is 633 g/mol. The van der Waals surface area contributed by atoms with Gasteiger partial charge in [-0.1, -0.05) is 30.3 Å². The zero-order valence-electron chi connectivity index (χ0n) is 23.4. The molecule has 0 radical (unpaired) electrons. The van der Waals surface area contributed by atoms with Crippen LogP contribution in [0.4, 0.5) is 10.2 Å². The molecule has 3 aromatic heterocycles. The molecule has 11 nitrogen and oxygen atoms in total. The number of pyridine rings is 1. The second-order valence-electron chi connectivity index (χ2n) is 10.2. The minimum absolute atomic E-state index is 0.134. The lowest BCUT2D eigenvalue weighted by molar-refractivity contribution is -0.137. The Kier molecular flexibility index (Phi) is 8.11. The first-order valence-corrected chi connectivity index (χ1v) is 14.5. The molecular formula is C31H25BrFN7O4. The first kappa shape index (κ1) is 29.1. The first-order chi connectivity index (χ1) is 21.2. The van der Waals surface area contributed by atoms with E-state index in [2.05, 4.69) is 41.3 Å². The maximum Gasteiger partial charge on any atom is 0.321 e. The molecule has 0 aliphatic carbocycles. The van der Waals surface area contributed by atoms with Crippen molar-refractivity contribution in [3.8, 4) is 22.9 Å². The molecule has 5 aromatic rings. The topological polar surface area (TPSA) is 132 Å². The standard InChI is InChI=1S/C31H25BrFN7O4/c1-18(41)29-23-12-19(20-14-34-31(35-15-20)44-22-6-3-2-4-7-22)10-11-24(23)40(38-29)17-28(42)39-16-21(33)13-25(39)30(43)37-27-9-5-8-26(32)36-27/h2-12,14-15,21,25H,13,16-17H2,1H3,(H,36,37,43)/t21-,25+/m1/s1. The van der Waals surface area contributed by atoms with E-state index < -0.39 is 24.0 Å². The fourth-order valence-corrected chi connectivity index (χ4v) is 5.41. The van der Waals surface area contributed by atoms with Crippen molar-refractivity contribution < 1.29 is 23.5 Å². The number of carbonyl (C=O) groups excluding carboxylic acids is 3. The number of likely N-dealkylation sites (tertiary alicyclic amines) is 1. The Morgan fingerprint density at radius 2 is 1.80 bits per heavy atom. The van der Waals surface area contributed by atoms with Crippen LogP contribution in [0.5, 0.6) is 11.8 Å². The number of anilines is 1. The van der Waals surface area contributed by atoms with Gasteiger partial charge in [0.25, 0.3) is 0 Å². The van der Waals surface area contributed by atoms with Crippen molar-refractivity contribution in [2.75, 3.05) is 11.9 Å². The van der Waals surface area contributed by atoms with E-state index >= 15 is 0 Å². The number of amides is 2. The number of ketones is 1. The molecule has 2 aromatic carbocycles. The summed E-state index contributed by atoms with van der Waals surface area (Å²) < 4.78 is 22.1. The number of para-hydroxylation sites is 1. The number of hydrogen-bond acceptors (Lipinski definition) is 8. The zero-order chi connectivity index (χ0) is 30.8. The smallest absolute Gasteiger partial charge is 0.321 e. The lowest BCUT2D eigenvalue weighted by Crippen LogP contribution is -2.44. The van der Waals surface area contributed by atoms with Crippen molar-refractivity contribution in [1.82, 2.24) is 29.6 Å². The van der Waals surface area contributed by atoms with Gasteiger partial charge >= 0.3 is 6.01 Å². The van der Waals surface area contributed by atoms with E-state index in [-0.39, 0.29) is 42.8 Å². The molecule has 1 N–H and O–H groups in total. The molecule has 0 spiro atoms. The Balaban J connectivity index is 1.22. The molecule has 0 saturated carbocycles. The Morgan fingerprint density at radius 3 is 2.52 bits per heavy atom. The molecule has 4 heterocycles. The maximum atomic E-state index is 14.5. The molecule has 13 heteroatoms. The number of nitrogens with one attached hydrogen (secondary N) is 1. The van der Waals surface area contributed by atoms with E-state index in [0.717, 1.165) is 5.56 Å². The number of ether oxygens (including phenoxy) is 1. The van der Waals surface area contributed by atoms with Gasteiger partial charge in [-0.2, -0.15) is 5.10 Å². The molecule has 1 saturated heterocycles. The van der Waals surface area contributed by atoms with Crippen molar-refractivity contribution >= 4 is 50.2 Å². The average molecular weight is 658 g/mol. The Hall–Kier alpha value is -5.04. The third kappa shape index (κ3) is 6.18. The SMILES string of the molecule is CC(=O)c1nn(CC(=O)N2C[C@H](F)C[C@H]2C(=O)Nc2cccc(Br)n2)c2ccc(-c3cnc(Oc4ccccc4)nc3)cc12. The molecule has 1 fully saturated rings. The first-order valence-electron chi connectivity index (χ1n) is 13.7. The number of hydrogen-bond donors (Lipinski definition) is 1. The predicted octanol–water partition coefficient (Wildman–Crippen LogP) is 5.22. The third-order valence-electron chi connectivity index (χ3n) is 7.12. The van der Waals surface area contributed by atoms with Crippen LogP contribution >= 0.6 is 15.9 Å². The van der Waals surface area contributed by atoms with Crippen molar-refractivity contribution in [1.29, 1.82) is 0 Å². The molecule has 1 aliphatic rings. The lowest BCUT2D eigenvalue weighted by atomic mass is 10.0. The van der Waals surface area contributed by atoms with Gasteiger partial charge in [-0.15, -0.1) is 0 Å². The van der Waals surface area contributed by atoms with Crippen molar-refractivity contribution in [3.05, 3.63) is 89.4 Å². The molecule has 1 aliphatic heterocycles. The van der Waals surface area contributed by atoms with Crippen LogP contribution in [-0.4, -0.2) is 66.0 Å². The Morgan fingerprint density at radius 1 is 1.02 bits per heavy atom. The van der Waals surface area contributed by atoms with E-state index in [4.69, 9.17) is 4.74 Å². The lowest BCUT2D eigenvalue weighted by Gasteiger charge is -2.23. The second kappa shape index (κ2) is 12.3. The van der Waals surface area contributed by atoms with Gasteiger partial charge in [-0.3, -0.25) is 19.1 Å². The normalized spacial score (nSPS) is 16.2. The fourth-order valence-electron chi connectivity index (χ4n) is 5.07. The van der Waals surface area contributed by atoms with Gasteiger partial charge in [0.15, 0.2) is 5.78 Å². The van der Waals surface area contributed by atoms with Gasteiger partial charge in [0.2, 0.25) is 11.8 Å². The summed E-state index contributed by atoms with van der Waals surface area (Å²) in [6, 6.07) is 18.7. The number of nitrogens with zero attached hydrogens (tertiary/aromatic N) is 6. The van der Waals surface area contributed by atoms with E-state index in [1.807, 2.05) is 18.2 Å². The summed E-state index contributed by atoms with van der Waals surface area (Å²) in [5.41, 5.74) is 2.13. The van der Waals surface area contributed by atoms with Gasteiger partial charge < -0.3 is 15.0 Å². The van der Waals surface area contributed by atoms with Crippen LogP contribution < -0.4 is 10.1 Å². The maximum absolute atomic E-state index is 14.5. The van der Waals surface area contributed by atoms with Crippen molar-refractivity contribution in [2.45, 2.75) is 32.1 Å². The number of alkyl halides is 1. The van der Waals surface area contributed by atoms with E-state index in [1.165, 1.54) is 16.5 Å².